The highest BCUT2D eigenvalue weighted by Gasteiger charge is 1.99. The molecule has 2 aromatic rings. The smallest absolute Gasteiger partial charge is 0.128 e. The first-order valence-corrected chi connectivity index (χ1v) is 9.36. The number of rotatable bonds is 12. The Morgan fingerprint density at radius 2 is 1.50 bits per heavy atom. The van der Waals surface area contributed by atoms with Gasteiger partial charge < -0.3 is 4.74 Å². The third-order valence-corrected chi connectivity index (χ3v) is 4.13. The van der Waals surface area contributed by atoms with Gasteiger partial charge in [0.25, 0.3) is 0 Å². The van der Waals surface area contributed by atoms with E-state index in [9.17, 15) is 0 Å². The van der Waals surface area contributed by atoms with Crippen molar-refractivity contribution in [1.29, 1.82) is 0 Å². The average Bonchev–Trinajstić information content (AvgIpc) is 2.64. The van der Waals surface area contributed by atoms with Crippen LogP contribution in [0.5, 0.6) is 5.75 Å². The van der Waals surface area contributed by atoms with Crippen molar-refractivity contribution < 1.29 is 4.74 Å². The van der Waals surface area contributed by atoms with E-state index in [4.69, 9.17) is 4.74 Å². The molecule has 0 atom stereocenters. The lowest BCUT2D eigenvalue weighted by Gasteiger charge is -2.06. The number of nitrogens with zero attached hydrogens (tertiary/aromatic N) is 2. The SMILES string of the molecule is CCCCCCc1cnc(CCCCCOc2ccccc2)nc1. The molecule has 130 valence electrons. The Bertz CT molecular complexity index is 540. The van der Waals surface area contributed by atoms with Gasteiger partial charge in [0.1, 0.15) is 11.6 Å². The molecule has 0 aliphatic rings. The van der Waals surface area contributed by atoms with Crippen molar-refractivity contribution in [2.75, 3.05) is 6.61 Å². The van der Waals surface area contributed by atoms with E-state index in [0.717, 1.165) is 50.3 Å². The maximum Gasteiger partial charge on any atom is 0.128 e. The fraction of sp³-hybridized carbons (Fsp3) is 0.524. The second-order valence-corrected chi connectivity index (χ2v) is 6.29. The lowest BCUT2D eigenvalue weighted by Crippen LogP contribution is -2.00. The highest BCUT2D eigenvalue weighted by Crippen LogP contribution is 2.10. The summed E-state index contributed by atoms with van der Waals surface area (Å²) in [6.07, 6.45) is 14.6. The Labute approximate surface area is 146 Å². The zero-order valence-electron chi connectivity index (χ0n) is 14.9. The van der Waals surface area contributed by atoms with E-state index in [1.807, 2.05) is 42.7 Å². The van der Waals surface area contributed by atoms with Gasteiger partial charge in [0, 0.05) is 18.8 Å². The minimum atomic E-state index is 0.779. The normalized spacial score (nSPS) is 10.7. The molecule has 0 unspecified atom stereocenters. The van der Waals surface area contributed by atoms with Crippen LogP contribution in [-0.2, 0) is 12.8 Å². The van der Waals surface area contributed by atoms with E-state index >= 15 is 0 Å². The summed E-state index contributed by atoms with van der Waals surface area (Å²) in [6, 6.07) is 10.00. The minimum absolute atomic E-state index is 0.779. The van der Waals surface area contributed by atoms with Crippen molar-refractivity contribution in [3.05, 3.63) is 54.1 Å². The Morgan fingerprint density at radius 3 is 2.25 bits per heavy atom. The molecule has 1 heterocycles. The summed E-state index contributed by atoms with van der Waals surface area (Å²) in [6.45, 7) is 3.02. The third kappa shape index (κ3) is 7.58. The molecular weight excluding hydrogens is 296 g/mol. The van der Waals surface area contributed by atoms with E-state index in [-0.39, 0.29) is 0 Å². The Kier molecular flexibility index (Phi) is 8.92. The summed E-state index contributed by atoms with van der Waals surface area (Å²) in [5.74, 6) is 1.92. The quantitative estimate of drug-likeness (QED) is 0.490. The zero-order chi connectivity index (χ0) is 16.9. The van der Waals surface area contributed by atoms with Crippen LogP contribution in [0, 0.1) is 0 Å². The van der Waals surface area contributed by atoms with Crippen LogP contribution in [0.1, 0.15) is 63.3 Å². The van der Waals surface area contributed by atoms with E-state index in [0.29, 0.717) is 0 Å². The summed E-state index contributed by atoms with van der Waals surface area (Å²) >= 11 is 0. The van der Waals surface area contributed by atoms with Gasteiger partial charge in [-0.1, -0.05) is 44.4 Å². The van der Waals surface area contributed by atoms with Crippen molar-refractivity contribution >= 4 is 0 Å². The first kappa shape index (κ1) is 18.4. The number of hydrogen-bond donors (Lipinski definition) is 0. The molecule has 0 aliphatic heterocycles. The molecule has 0 amide bonds. The summed E-state index contributed by atoms with van der Waals surface area (Å²) in [5.41, 5.74) is 1.27. The van der Waals surface area contributed by atoms with Crippen LogP contribution in [-0.4, -0.2) is 16.6 Å². The van der Waals surface area contributed by atoms with Crippen LogP contribution in [0.2, 0.25) is 0 Å². The summed E-state index contributed by atoms with van der Waals surface area (Å²) in [5, 5.41) is 0. The molecule has 3 nitrogen and oxygen atoms in total. The summed E-state index contributed by atoms with van der Waals surface area (Å²) in [4.78, 5) is 9.00. The predicted molar refractivity (Wildman–Crippen MR) is 99.4 cm³/mol. The number of aryl methyl sites for hydroxylation is 2. The molecule has 3 heteroatoms. The molecule has 1 aromatic heterocycles. The van der Waals surface area contributed by atoms with Gasteiger partial charge in [-0.15, -0.1) is 0 Å². The van der Waals surface area contributed by atoms with Crippen LogP contribution in [0.3, 0.4) is 0 Å². The lowest BCUT2D eigenvalue weighted by atomic mass is 10.1. The van der Waals surface area contributed by atoms with Gasteiger partial charge in [-0.3, -0.25) is 0 Å². The first-order valence-electron chi connectivity index (χ1n) is 9.36. The maximum absolute atomic E-state index is 5.70. The van der Waals surface area contributed by atoms with E-state index in [2.05, 4.69) is 16.9 Å². The van der Waals surface area contributed by atoms with Gasteiger partial charge in [0.15, 0.2) is 0 Å². The second-order valence-electron chi connectivity index (χ2n) is 6.29. The zero-order valence-corrected chi connectivity index (χ0v) is 14.9. The number of ether oxygens (including phenoxy) is 1. The average molecular weight is 326 g/mol. The van der Waals surface area contributed by atoms with E-state index in [1.54, 1.807) is 0 Å². The predicted octanol–water partition coefficient (Wildman–Crippen LogP) is 5.39. The summed E-state index contributed by atoms with van der Waals surface area (Å²) < 4.78 is 5.70. The van der Waals surface area contributed by atoms with Gasteiger partial charge in [0.2, 0.25) is 0 Å². The number of hydrogen-bond acceptors (Lipinski definition) is 3. The molecule has 0 aliphatic carbocycles. The molecular formula is C21H30N2O. The van der Waals surface area contributed by atoms with Crippen LogP contribution in [0.15, 0.2) is 42.7 Å². The van der Waals surface area contributed by atoms with Crippen molar-refractivity contribution in [3.8, 4) is 5.75 Å². The molecule has 0 spiro atoms. The van der Waals surface area contributed by atoms with Gasteiger partial charge >= 0.3 is 0 Å². The fourth-order valence-electron chi connectivity index (χ4n) is 2.66. The topological polar surface area (TPSA) is 35.0 Å². The number of para-hydroxylation sites is 1. The monoisotopic (exact) mass is 326 g/mol. The lowest BCUT2D eigenvalue weighted by molar-refractivity contribution is 0.305. The van der Waals surface area contributed by atoms with Gasteiger partial charge in [0.05, 0.1) is 6.61 Å². The minimum Gasteiger partial charge on any atom is -0.494 e. The maximum atomic E-state index is 5.70. The van der Waals surface area contributed by atoms with Crippen LogP contribution in [0.4, 0.5) is 0 Å². The van der Waals surface area contributed by atoms with Gasteiger partial charge in [-0.05, 0) is 49.8 Å². The molecule has 2 rings (SSSR count). The van der Waals surface area contributed by atoms with Crippen molar-refractivity contribution in [1.82, 2.24) is 9.97 Å². The molecule has 1 aromatic carbocycles. The molecule has 0 fully saturated rings. The number of aromatic nitrogens is 2. The van der Waals surface area contributed by atoms with Crippen molar-refractivity contribution in [3.63, 3.8) is 0 Å². The number of benzene rings is 1. The van der Waals surface area contributed by atoms with Crippen LogP contribution < -0.4 is 4.74 Å². The van der Waals surface area contributed by atoms with Gasteiger partial charge in [-0.25, -0.2) is 9.97 Å². The highest BCUT2D eigenvalue weighted by molar-refractivity contribution is 5.20. The van der Waals surface area contributed by atoms with Crippen molar-refractivity contribution in [2.24, 2.45) is 0 Å². The van der Waals surface area contributed by atoms with E-state index < -0.39 is 0 Å². The van der Waals surface area contributed by atoms with E-state index in [1.165, 1.54) is 31.2 Å². The fourth-order valence-corrected chi connectivity index (χ4v) is 2.66. The molecule has 0 saturated heterocycles. The summed E-state index contributed by atoms with van der Waals surface area (Å²) in [7, 11) is 0. The molecule has 0 radical (unpaired) electrons. The molecule has 0 saturated carbocycles. The Hall–Kier alpha value is -1.90. The highest BCUT2D eigenvalue weighted by atomic mass is 16.5. The number of unbranched alkanes of at least 4 members (excludes halogenated alkanes) is 5. The Morgan fingerprint density at radius 1 is 0.792 bits per heavy atom. The molecule has 0 N–H and O–H groups in total. The second kappa shape index (κ2) is 11.6. The largest absolute Gasteiger partial charge is 0.494 e. The molecule has 0 bridgehead atoms. The van der Waals surface area contributed by atoms with Crippen LogP contribution >= 0.6 is 0 Å². The Balaban J connectivity index is 1.54. The third-order valence-electron chi connectivity index (χ3n) is 4.13. The van der Waals surface area contributed by atoms with Gasteiger partial charge in [-0.2, -0.15) is 0 Å². The first-order chi connectivity index (χ1) is 11.9. The molecule has 24 heavy (non-hydrogen) atoms. The van der Waals surface area contributed by atoms with Crippen molar-refractivity contribution in [2.45, 2.75) is 64.7 Å². The standard InChI is InChI=1S/C21H30N2O/c1-2-3-4-7-12-19-17-22-21(23-18-19)15-10-6-11-16-24-20-13-8-5-9-14-20/h5,8-9,13-14,17-18H,2-4,6-7,10-12,15-16H2,1H3. The van der Waals surface area contributed by atoms with Crippen LogP contribution in [0.25, 0.3) is 0 Å².